The average Bonchev–Trinajstić information content (AvgIpc) is 3.00. The van der Waals surface area contributed by atoms with E-state index in [2.05, 4.69) is 15.2 Å². The van der Waals surface area contributed by atoms with Crippen molar-refractivity contribution in [1.29, 1.82) is 0 Å². The Hall–Kier alpha value is -2.14. The van der Waals surface area contributed by atoms with Crippen LogP contribution < -0.4 is 5.32 Å². The molecule has 110 valence electrons. The highest BCUT2D eigenvalue weighted by Gasteiger charge is 2.12. The smallest absolute Gasteiger partial charge is 0.354 e. The first-order chi connectivity index (χ1) is 10.2. The number of carboxylic acids is 1. The molecule has 1 aromatic carbocycles. The van der Waals surface area contributed by atoms with Gasteiger partial charge in [-0.3, -0.25) is 0 Å². The van der Waals surface area contributed by atoms with Crippen LogP contribution in [0, 0.1) is 0 Å². The molecule has 0 amide bonds. The second kappa shape index (κ2) is 6.10. The molecule has 3 rings (SSSR count). The molecule has 2 aromatic rings. The number of likely N-dealkylation sites (tertiary alicyclic amines) is 1. The number of aromatic nitrogens is 1. The van der Waals surface area contributed by atoms with Gasteiger partial charge in [0.25, 0.3) is 0 Å². The maximum Gasteiger partial charge on any atom is 0.354 e. The fraction of sp³-hybridized carbons (Fsp3) is 0.375. The number of para-hydroxylation sites is 1. The standard InChI is InChI=1S/C16H19N3O2/c20-16(21)15-11-14(12-5-1-2-6-13(12)18-15)17-7-10-19-8-3-4-9-19/h1-2,5-6,11H,3-4,7-10H2,(H,17,18)(H,20,21). The van der Waals surface area contributed by atoms with Crippen LogP contribution in [0.25, 0.3) is 10.9 Å². The molecule has 1 saturated heterocycles. The van der Waals surface area contributed by atoms with E-state index in [-0.39, 0.29) is 5.69 Å². The van der Waals surface area contributed by atoms with Crippen molar-refractivity contribution in [1.82, 2.24) is 9.88 Å². The first-order valence-electron chi connectivity index (χ1n) is 7.33. The van der Waals surface area contributed by atoms with Gasteiger partial charge in [-0.05, 0) is 38.1 Å². The predicted octanol–water partition coefficient (Wildman–Crippen LogP) is 2.44. The van der Waals surface area contributed by atoms with Gasteiger partial charge in [0.15, 0.2) is 5.69 Å². The van der Waals surface area contributed by atoms with Crippen molar-refractivity contribution >= 4 is 22.6 Å². The van der Waals surface area contributed by atoms with Crippen molar-refractivity contribution in [3.63, 3.8) is 0 Å². The number of rotatable bonds is 5. The molecule has 5 nitrogen and oxygen atoms in total. The van der Waals surface area contributed by atoms with Gasteiger partial charge in [-0.2, -0.15) is 0 Å². The Kier molecular flexibility index (Phi) is 4.01. The average molecular weight is 285 g/mol. The summed E-state index contributed by atoms with van der Waals surface area (Å²) in [4.78, 5) is 17.8. The number of aromatic carboxylic acids is 1. The Morgan fingerprint density at radius 2 is 2.05 bits per heavy atom. The largest absolute Gasteiger partial charge is 0.477 e. The number of benzene rings is 1. The third-order valence-corrected chi connectivity index (χ3v) is 3.88. The molecule has 2 heterocycles. The fourth-order valence-electron chi connectivity index (χ4n) is 2.79. The van der Waals surface area contributed by atoms with Crippen molar-refractivity contribution in [2.24, 2.45) is 0 Å². The zero-order valence-electron chi connectivity index (χ0n) is 11.9. The quantitative estimate of drug-likeness (QED) is 0.883. The lowest BCUT2D eigenvalue weighted by atomic mass is 10.1. The van der Waals surface area contributed by atoms with Crippen LogP contribution in [0.3, 0.4) is 0 Å². The van der Waals surface area contributed by atoms with Gasteiger partial charge in [0.1, 0.15) is 0 Å². The highest BCUT2D eigenvalue weighted by molar-refractivity contribution is 5.97. The van der Waals surface area contributed by atoms with Crippen LogP contribution >= 0.6 is 0 Å². The van der Waals surface area contributed by atoms with E-state index in [4.69, 9.17) is 5.11 Å². The minimum atomic E-state index is -0.997. The summed E-state index contributed by atoms with van der Waals surface area (Å²) in [7, 11) is 0. The Bertz CT molecular complexity index is 651. The van der Waals surface area contributed by atoms with Crippen LogP contribution in [0.15, 0.2) is 30.3 Å². The first kappa shape index (κ1) is 13.8. The van der Waals surface area contributed by atoms with Crippen LogP contribution in [-0.4, -0.2) is 47.1 Å². The topological polar surface area (TPSA) is 65.5 Å². The molecular weight excluding hydrogens is 266 g/mol. The van der Waals surface area contributed by atoms with E-state index >= 15 is 0 Å². The highest BCUT2D eigenvalue weighted by Crippen LogP contribution is 2.23. The number of pyridine rings is 1. The molecule has 0 spiro atoms. The molecule has 0 radical (unpaired) electrons. The summed E-state index contributed by atoms with van der Waals surface area (Å²) in [5.74, 6) is -0.997. The van der Waals surface area contributed by atoms with E-state index < -0.39 is 5.97 Å². The molecule has 0 atom stereocenters. The van der Waals surface area contributed by atoms with Crippen LogP contribution in [0.5, 0.6) is 0 Å². The number of hydrogen-bond acceptors (Lipinski definition) is 4. The van der Waals surface area contributed by atoms with Crippen molar-refractivity contribution < 1.29 is 9.90 Å². The second-order valence-corrected chi connectivity index (χ2v) is 5.35. The summed E-state index contributed by atoms with van der Waals surface area (Å²) in [5, 5.41) is 13.5. The van der Waals surface area contributed by atoms with Gasteiger partial charge in [0.05, 0.1) is 5.52 Å². The second-order valence-electron chi connectivity index (χ2n) is 5.35. The lowest BCUT2D eigenvalue weighted by Gasteiger charge is -2.16. The minimum Gasteiger partial charge on any atom is -0.477 e. The molecule has 0 saturated carbocycles. The number of fused-ring (bicyclic) bond motifs is 1. The molecule has 0 unspecified atom stereocenters. The van der Waals surface area contributed by atoms with E-state index in [0.29, 0.717) is 5.52 Å². The summed E-state index contributed by atoms with van der Waals surface area (Å²) in [6.07, 6.45) is 2.56. The van der Waals surface area contributed by atoms with E-state index in [1.165, 1.54) is 25.9 Å². The number of carbonyl (C=O) groups is 1. The number of anilines is 1. The summed E-state index contributed by atoms with van der Waals surface area (Å²) in [5.41, 5.74) is 1.63. The fourth-order valence-corrected chi connectivity index (χ4v) is 2.79. The van der Waals surface area contributed by atoms with E-state index in [0.717, 1.165) is 24.2 Å². The Balaban J connectivity index is 1.80. The van der Waals surface area contributed by atoms with Gasteiger partial charge >= 0.3 is 5.97 Å². The number of nitrogens with one attached hydrogen (secondary N) is 1. The van der Waals surface area contributed by atoms with Gasteiger partial charge in [-0.25, -0.2) is 9.78 Å². The van der Waals surface area contributed by atoms with Crippen LogP contribution in [-0.2, 0) is 0 Å². The highest BCUT2D eigenvalue weighted by atomic mass is 16.4. The summed E-state index contributed by atoms with van der Waals surface area (Å²) < 4.78 is 0. The summed E-state index contributed by atoms with van der Waals surface area (Å²) in [6, 6.07) is 9.24. The van der Waals surface area contributed by atoms with Crippen molar-refractivity contribution in [2.45, 2.75) is 12.8 Å². The molecule has 1 fully saturated rings. The minimum absolute atomic E-state index is 0.0809. The molecule has 1 aromatic heterocycles. The third-order valence-electron chi connectivity index (χ3n) is 3.88. The zero-order valence-corrected chi connectivity index (χ0v) is 11.9. The Morgan fingerprint density at radius 1 is 1.29 bits per heavy atom. The maximum absolute atomic E-state index is 11.2. The molecule has 21 heavy (non-hydrogen) atoms. The summed E-state index contributed by atoms with van der Waals surface area (Å²) in [6.45, 7) is 4.13. The molecule has 0 bridgehead atoms. The molecule has 5 heteroatoms. The van der Waals surface area contributed by atoms with Crippen molar-refractivity contribution in [3.8, 4) is 0 Å². The monoisotopic (exact) mass is 285 g/mol. The maximum atomic E-state index is 11.2. The number of hydrogen-bond donors (Lipinski definition) is 2. The van der Waals surface area contributed by atoms with Crippen LogP contribution in [0.4, 0.5) is 5.69 Å². The predicted molar refractivity (Wildman–Crippen MR) is 82.9 cm³/mol. The molecular formula is C16H19N3O2. The lowest BCUT2D eigenvalue weighted by Crippen LogP contribution is -2.26. The third kappa shape index (κ3) is 3.13. The molecule has 0 aliphatic carbocycles. The van der Waals surface area contributed by atoms with Crippen molar-refractivity contribution in [2.75, 3.05) is 31.5 Å². The van der Waals surface area contributed by atoms with E-state index in [9.17, 15) is 4.79 Å². The summed E-state index contributed by atoms with van der Waals surface area (Å²) >= 11 is 0. The van der Waals surface area contributed by atoms with Crippen molar-refractivity contribution in [3.05, 3.63) is 36.0 Å². The Morgan fingerprint density at radius 3 is 2.81 bits per heavy atom. The SMILES string of the molecule is O=C(O)c1cc(NCCN2CCCC2)c2ccccc2n1. The lowest BCUT2D eigenvalue weighted by molar-refractivity contribution is 0.0691. The molecule has 2 N–H and O–H groups in total. The van der Waals surface area contributed by atoms with Gasteiger partial charge in [-0.1, -0.05) is 18.2 Å². The van der Waals surface area contributed by atoms with E-state index in [1.807, 2.05) is 24.3 Å². The normalized spacial score (nSPS) is 15.4. The first-order valence-corrected chi connectivity index (χ1v) is 7.33. The Labute approximate surface area is 123 Å². The van der Waals surface area contributed by atoms with E-state index in [1.54, 1.807) is 6.07 Å². The zero-order chi connectivity index (χ0) is 14.7. The van der Waals surface area contributed by atoms with Crippen LogP contribution in [0.1, 0.15) is 23.3 Å². The molecule has 1 aliphatic rings. The van der Waals surface area contributed by atoms with Gasteiger partial charge < -0.3 is 15.3 Å². The molecule has 1 aliphatic heterocycles. The van der Waals surface area contributed by atoms with Crippen LogP contribution in [0.2, 0.25) is 0 Å². The van der Waals surface area contributed by atoms with Gasteiger partial charge in [-0.15, -0.1) is 0 Å². The van der Waals surface area contributed by atoms with Gasteiger partial charge in [0, 0.05) is 24.2 Å². The number of nitrogens with zero attached hydrogens (tertiary/aromatic N) is 2. The number of carboxylic acid groups (broad SMARTS) is 1. The van der Waals surface area contributed by atoms with Gasteiger partial charge in [0.2, 0.25) is 0 Å².